The largest absolute Gasteiger partial charge is 0.330 e. The molecule has 0 aliphatic carbocycles. The van der Waals surface area contributed by atoms with Crippen LogP contribution in [0.5, 0.6) is 0 Å². The van der Waals surface area contributed by atoms with Crippen LogP contribution in [-0.4, -0.2) is 22.1 Å². The van der Waals surface area contributed by atoms with E-state index in [2.05, 4.69) is 5.10 Å². The van der Waals surface area contributed by atoms with Crippen molar-refractivity contribution in [2.45, 2.75) is 26.2 Å². The maximum atomic E-state index is 12.6. The molecule has 0 unspecified atom stereocenters. The van der Waals surface area contributed by atoms with E-state index in [0.29, 0.717) is 18.0 Å². The van der Waals surface area contributed by atoms with E-state index in [1.165, 1.54) is 0 Å². The fourth-order valence-electron chi connectivity index (χ4n) is 2.43. The van der Waals surface area contributed by atoms with Crippen LogP contribution in [0.25, 0.3) is 0 Å². The predicted molar refractivity (Wildman–Crippen MR) is 84.8 cm³/mol. The monoisotopic (exact) mass is 305 g/mol. The zero-order valence-electron chi connectivity index (χ0n) is 12.4. The Hall–Kier alpha value is -1.65. The van der Waals surface area contributed by atoms with Crippen LogP contribution in [0.2, 0.25) is 5.02 Å². The van der Waals surface area contributed by atoms with Gasteiger partial charge >= 0.3 is 0 Å². The molecule has 1 aromatic heterocycles. The first kappa shape index (κ1) is 15.7. The highest BCUT2D eigenvalue weighted by atomic mass is 35.5. The summed E-state index contributed by atoms with van der Waals surface area (Å²) < 4.78 is 1.70. The molecule has 0 aliphatic rings. The number of nitrogens with zero attached hydrogens (tertiary/aromatic N) is 2. The van der Waals surface area contributed by atoms with Crippen molar-refractivity contribution >= 4 is 17.4 Å². The number of carbonyl (C=O) groups is 1. The Kier molecular flexibility index (Phi) is 5.15. The molecule has 1 heterocycles. The molecule has 0 saturated heterocycles. The Morgan fingerprint density at radius 1 is 1.38 bits per heavy atom. The highest BCUT2D eigenvalue weighted by Gasteiger charge is 2.18. The summed E-state index contributed by atoms with van der Waals surface area (Å²) in [4.78, 5) is 12.6. The molecular weight excluding hydrogens is 286 g/mol. The zero-order valence-corrected chi connectivity index (χ0v) is 13.2. The number of carbonyl (C=O) groups excluding carboxylic acids is 1. The second-order valence-electron chi connectivity index (χ2n) is 4.98. The van der Waals surface area contributed by atoms with E-state index in [1.807, 2.05) is 38.2 Å². The van der Waals surface area contributed by atoms with Crippen LogP contribution in [-0.2, 0) is 26.3 Å². The van der Waals surface area contributed by atoms with Gasteiger partial charge in [0.15, 0.2) is 5.78 Å². The SMILES string of the molecule is CCc1nn(C)c(CC(=O)c2ccccc2CCN)c1Cl. The Balaban J connectivity index is 2.28. The smallest absolute Gasteiger partial charge is 0.169 e. The van der Waals surface area contributed by atoms with Crippen LogP contribution < -0.4 is 5.73 Å². The molecule has 0 saturated carbocycles. The summed E-state index contributed by atoms with van der Waals surface area (Å²) in [6.45, 7) is 2.52. The molecule has 2 rings (SSSR count). The van der Waals surface area contributed by atoms with Gasteiger partial charge in [0.05, 0.1) is 22.8 Å². The number of ketones is 1. The summed E-state index contributed by atoms with van der Waals surface area (Å²) >= 11 is 6.31. The first-order valence-electron chi connectivity index (χ1n) is 7.09. The lowest BCUT2D eigenvalue weighted by molar-refractivity contribution is 0.0990. The van der Waals surface area contributed by atoms with Crippen molar-refractivity contribution in [1.29, 1.82) is 0 Å². The molecule has 0 radical (unpaired) electrons. The molecule has 0 aliphatic heterocycles. The predicted octanol–water partition coefficient (Wildman–Crippen LogP) is 2.56. The van der Waals surface area contributed by atoms with E-state index in [4.69, 9.17) is 17.3 Å². The number of aromatic nitrogens is 2. The summed E-state index contributed by atoms with van der Waals surface area (Å²) in [7, 11) is 1.82. The average molecular weight is 306 g/mol. The van der Waals surface area contributed by atoms with Crippen molar-refractivity contribution in [3.8, 4) is 0 Å². The number of hydrogen-bond donors (Lipinski definition) is 1. The van der Waals surface area contributed by atoms with Crippen molar-refractivity contribution in [1.82, 2.24) is 9.78 Å². The van der Waals surface area contributed by atoms with Gasteiger partial charge < -0.3 is 5.73 Å². The lowest BCUT2D eigenvalue weighted by atomic mass is 9.98. The van der Waals surface area contributed by atoms with Gasteiger partial charge in [-0.05, 0) is 24.9 Å². The Morgan fingerprint density at radius 2 is 2.10 bits per heavy atom. The quantitative estimate of drug-likeness (QED) is 0.834. The van der Waals surface area contributed by atoms with Gasteiger partial charge in [-0.25, -0.2) is 0 Å². The van der Waals surface area contributed by atoms with E-state index in [0.717, 1.165) is 28.9 Å². The van der Waals surface area contributed by atoms with Gasteiger partial charge in [-0.15, -0.1) is 0 Å². The minimum Gasteiger partial charge on any atom is -0.330 e. The van der Waals surface area contributed by atoms with Crippen molar-refractivity contribution in [3.63, 3.8) is 0 Å². The van der Waals surface area contributed by atoms with Crippen LogP contribution in [0.4, 0.5) is 0 Å². The first-order valence-corrected chi connectivity index (χ1v) is 7.47. The maximum absolute atomic E-state index is 12.6. The number of rotatable bonds is 6. The van der Waals surface area contributed by atoms with Crippen LogP contribution in [0.3, 0.4) is 0 Å². The standard InChI is InChI=1S/C16H20ClN3O/c1-3-13-16(17)14(20(2)19-13)10-15(21)12-7-5-4-6-11(12)8-9-18/h4-7H,3,8-10,18H2,1-2H3. The molecule has 2 N–H and O–H groups in total. The molecule has 1 aromatic carbocycles. The fourth-order valence-corrected chi connectivity index (χ4v) is 2.79. The number of Topliss-reactive ketones (excluding diaryl/α,β-unsaturated/α-hetero) is 1. The van der Waals surface area contributed by atoms with E-state index >= 15 is 0 Å². The molecule has 0 amide bonds. The third kappa shape index (κ3) is 3.34. The minimum absolute atomic E-state index is 0.0478. The Bertz CT molecular complexity index is 649. The summed E-state index contributed by atoms with van der Waals surface area (Å²) in [6.07, 6.45) is 1.70. The summed E-state index contributed by atoms with van der Waals surface area (Å²) in [5, 5.41) is 4.95. The van der Waals surface area contributed by atoms with Crippen LogP contribution in [0.15, 0.2) is 24.3 Å². The molecule has 5 heteroatoms. The fraction of sp³-hybridized carbons (Fsp3) is 0.375. The Morgan fingerprint density at radius 3 is 2.71 bits per heavy atom. The van der Waals surface area contributed by atoms with Crippen molar-refractivity contribution < 1.29 is 4.79 Å². The van der Waals surface area contributed by atoms with Crippen LogP contribution in [0.1, 0.15) is 34.2 Å². The first-order chi connectivity index (χ1) is 10.1. The third-order valence-corrected chi connectivity index (χ3v) is 4.00. The molecule has 0 atom stereocenters. The van der Waals surface area contributed by atoms with E-state index in [1.54, 1.807) is 4.68 Å². The lowest BCUT2D eigenvalue weighted by Gasteiger charge is -2.08. The van der Waals surface area contributed by atoms with Crippen molar-refractivity contribution in [2.24, 2.45) is 12.8 Å². The average Bonchev–Trinajstić information content (AvgIpc) is 2.75. The van der Waals surface area contributed by atoms with Gasteiger partial charge in [0.25, 0.3) is 0 Å². The highest BCUT2D eigenvalue weighted by molar-refractivity contribution is 6.32. The molecule has 2 aromatic rings. The Labute approximate surface area is 129 Å². The number of halogens is 1. The van der Waals surface area contributed by atoms with Crippen LogP contribution in [0, 0.1) is 0 Å². The van der Waals surface area contributed by atoms with Gasteiger partial charge in [-0.2, -0.15) is 5.10 Å². The molecule has 4 nitrogen and oxygen atoms in total. The maximum Gasteiger partial charge on any atom is 0.169 e. The van der Waals surface area contributed by atoms with Crippen molar-refractivity contribution in [2.75, 3.05) is 6.54 Å². The normalized spacial score (nSPS) is 10.9. The van der Waals surface area contributed by atoms with Gasteiger partial charge in [0, 0.05) is 12.6 Å². The number of hydrogen-bond acceptors (Lipinski definition) is 3. The van der Waals surface area contributed by atoms with Gasteiger partial charge in [-0.1, -0.05) is 42.8 Å². The topological polar surface area (TPSA) is 60.9 Å². The second kappa shape index (κ2) is 6.87. The van der Waals surface area contributed by atoms with E-state index < -0.39 is 0 Å². The zero-order chi connectivity index (χ0) is 15.4. The summed E-state index contributed by atoms with van der Waals surface area (Å²) in [5.74, 6) is 0.0478. The van der Waals surface area contributed by atoms with Crippen LogP contribution >= 0.6 is 11.6 Å². The van der Waals surface area contributed by atoms with E-state index in [-0.39, 0.29) is 12.2 Å². The summed E-state index contributed by atoms with van der Waals surface area (Å²) in [5.41, 5.74) is 8.91. The number of nitrogens with two attached hydrogens (primary N) is 1. The van der Waals surface area contributed by atoms with E-state index in [9.17, 15) is 4.79 Å². The van der Waals surface area contributed by atoms with Gasteiger partial charge in [0.1, 0.15) is 0 Å². The molecular formula is C16H20ClN3O. The number of benzene rings is 1. The third-order valence-electron chi connectivity index (χ3n) is 3.56. The highest BCUT2D eigenvalue weighted by Crippen LogP contribution is 2.23. The number of aryl methyl sites for hydroxylation is 2. The minimum atomic E-state index is 0.0478. The molecule has 0 fully saturated rings. The molecule has 0 spiro atoms. The van der Waals surface area contributed by atoms with Gasteiger partial charge in [-0.3, -0.25) is 9.48 Å². The summed E-state index contributed by atoms with van der Waals surface area (Å²) in [6, 6.07) is 7.59. The van der Waals surface area contributed by atoms with Gasteiger partial charge in [0.2, 0.25) is 0 Å². The molecule has 21 heavy (non-hydrogen) atoms. The molecule has 0 bridgehead atoms. The second-order valence-corrected chi connectivity index (χ2v) is 5.36. The van der Waals surface area contributed by atoms with Crippen molar-refractivity contribution in [3.05, 3.63) is 51.8 Å². The molecule has 112 valence electrons. The lowest BCUT2D eigenvalue weighted by Crippen LogP contribution is -2.12.